The maximum Gasteiger partial charge on any atom is 0.0700 e. The molecule has 2 saturated heterocycles. The number of nitrogens with one attached hydrogen (secondary N) is 1. The number of rotatable bonds is 6. The van der Waals surface area contributed by atoms with Crippen molar-refractivity contribution in [2.24, 2.45) is 0 Å². The highest BCUT2D eigenvalue weighted by Gasteiger charge is 2.24. The Bertz CT molecular complexity index is 197. The van der Waals surface area contributed by atoms with Gasteiger partial charge in [0, 0.05) is 37.3 Å². The minimum atomic E-state index is 0.447. The Kier molecular flexibility index (Phi) is 5.42. The summed E-state index contributed by atoms with van der Waals surface area (Å²) in [5, 5.41) is 4.19. The summed E-state index contributed by atoms with van der Waals surface area (Å²) in [6.45, 7) is 6.20. The van der Waals surface area contributed by atoms with Gasteiger partial charge in [-0.1, -0.05) is 0 Å². The molecule has 2 heterocycles. The molecule has 3 atom stereocenters. The van der Waals surface area contributed by atoms with Crippen LogP contribution in [0.3, 0.4) is 0 Å². The van der Waals surface area contributed by atoms with Crippen LogP contribution in [0.5, 0.6) is 0 Å². The molecule has 1 N–H and O–H groups in total. The molecular weight excluding hydrogens is 222 g/mol. The summed E-state index contributed by atoms with van der Waals surface area (Å²) in [6.07, 6.45) is 4.60. The van der Waals surface area contributed by atoms with Gasteiger partial charge in [-0.15, -0.1) is 0 Å². The third-order valence-electron chi connectivity index (χ3n) is 3.31. The zero-order chi connectivity index (χ0) is 11.2. The molecule has 0 spiro atoms. The molecule has 0 amide bonds. The lowest BCUT2D eigenvalue weighted by Crippen LogP contribution is -2.28. The summed E-state index contributed by atoms with van der Waals surface area (Å²) >= 11 is 2.05. The van der Waals surface area contributed by atoms with E-state index in [1.807, 2.05) is 11.8 Å². The molecule has 0 aliphatic carbocycles. The van der Waals surface area contributed by atoms with Gasteiger partial charge in [0.25, 0.3) is 0 Å². The van der Waals surface area contributed by atoms with Crippen LogP contribution in [0.25, 0.3) is 0 Å². The van der Waals surface area contributed by atoms with Crippen molar-refractivity contribution in [3.8, 4) is 0 Å². The smallest absolute Gasteiger partial charge is 0.0700 e. The fourth-order valence-electron chi connectivity index (χ4n) is 2.28. The summed E-state index contributed by atoms with van der Waals surface area (Å²) < 4.78 is 11.1. The quantitative estimate of drug-likeness (QED) is 0.721. The second-order valence-electron chi connectivity index (χ2n) is 4.61. The lowest BCUT2D eigenvalue weighted by molar-refractivity contribution is 0.110. The van der Waals surface area contributed by atoms with Crippen molar-refractivity contribution in [1.82, 2.24) is 5.32 Å². The first-order chi connectivity index (χ1) is 7.86. The standard InChI is InChI=1S/C12H23NO2S/c1-10-12(4-7-14-10)16-8-5-13-9-11-3-2-6-15-11/h10-13H,2-9H2,1H3. The van der Waals surface area contributed by atoms with Gasteiger partial charge in [0.05, 0.1) is 12.2 Å². The molecule has 94 valence electrons. The van der Waals surface area contributed by atoms with Crippen LogP contribution in [0.1, 0.15) is 26.2 Å². The summed E-state index contributed by atoms with van der Waals surface area (Å²) in [5.41, 5.74) is 0. The van der Waals surface area contributed by atoms with Crippen LogP contribution in [0.4, 0.5) is 0 Å². The van der Waals surface area contributed by atoms with E-state index in [0.29, 0.717) is 17.5 Å². The van der Waals surface area contributed by atoms with Crippen molar-refractivity contribution in [2.75, 3.05) is 32.1 Å². The Balaban J connectivity index is 1.45. The molecule has 2 aliphatic heterocycles. The first kappa shape index (κ1) is 12.7. The van der Waals surface area contributed by atoms with Crippen LogP contribution in [-0.2, 0) is 9.47 Å². The number of hydrogen-bond donors (Lipinski definition) is 1. The lowest BCUT2D eigenvalue weighted by atomic mass is 10.2. The van der Waals surface area contributed by atoms with Gasteiger partial charge in [0.15, 0.2) is 0 Å². The molecule has 3 nitrogen and oxygen atoms in total. The maximum atomic E-state index is 5.56. The maximum absolute atomic E-state index is 5.56. The van der Waals surface area contributed by atoms with Crippen molar-refractivity contribution in [1.29, 1.82) is 0 Å². The third-order valence-corrected chi connectivity index (χ3v) is 4.80. The average molecular weight is 245 g/mol. The predicted molar refractivity (Wildman–Crippen MR) is 68.1 cm³/mol. The van der Waals surface area contributed by atoms with Crippen LogP contribution >= 0.6 is 11.8 Å². The second-order valence-corrected chi connectivity index (χ2v) is 5.96. The largest absolute Gasteiger partial charge is 0.377 e. The van der Waals surface area contributed by atoms with E-state index in [-0.39, 0.29) is 0 Å². The van der Waals surface area contributed by atoms with E-state index in [4.69, 9.17) is 9.47 Å². The van der Waals surface area contributed by atoms with E-state index >= 15 is 0 Å². The number of ether oxygens (including phenoxy) is 2. The molecule has 16 heavy (non-hydrogen) atoms. The second kappa shape index (κ2) is 6.84. The van der Waals surface area contributed by atoms with E-state index in [9.17, 15) is 0 Å². The molecule has 0 aromatic carbocycles. The third kappa shape index (κ3) is 3.91. The summed E-state index contributed by atoms with van der Waals surface area (Å²) in [7, 11) is 0. The molecule has 0 aromatic heterocycles. The monoisotopic (exact) mass is 245 g/mol. The van der Waals surface area contributed by atoms with E-state index in [0.717, 1.165) is 26.3 Å². The number of hydrogen-bond acceptors (Lipinski definition) is 4. The van der Waals surface area contributed by atoms with Gasteiger partial charge in [0.1, 0.15) is 0 Å². The van der Waals surface area contributed by atoms with Gasteiger partial charge < -0.3 is 14.8 Å². The molecule has 0 radical (unpaired) electrons. The zero-order valence-electron chi connectivity index (χ0n) is 10.1. The highest BCUT2D eigenvalue weighted by molar-refractivity contribution is 8.00. The average Bonchev–Trinajstić information content (AvgIpc) is 2.90. The Hall–Kier alpha value is 0.230. The molecule has 2 aliphatic rings. The summed E-state index contributed by atoms with van der Waals surface area (Å²) in [4.78, 5) is 0. The fraction of sp³-hybridized carbons (Fsp3) is 1.00. The molecular formula is C12H23NO2S. The van der Waals surface area contributed by atoms with Gasteiger partial charge >= 0.3 is 0 Å². The van der Waals surface area contributed by atoms with Crippen LogP contribution in [0, 0.1) is 0 Å². The van der Waals surface area contributed by atoms with Crippen molar-refractivity contribution >= 4 is 11.8 Å². The first-order valence-electron chi connectivity index (χ1n) is 6.42. The minimum Gasteiger partial charge on any atom is -0.377 e. The molecule has 2 fully saturated rings. The Morgan fingerprint density at radius 1 is 1.25 bits per heavy atom. The lowest BCUT2D eigenvalue weighted by Gasteiger charge is -2.14. The summed E-state index contributed by atoms with van der Waals surface area (Å²) in [6, 6.07) is 0. The molecule has 0 aromatic rings. The normalized spacial score (nSPS) is 34.7. The molecule has 4 heteroatoms. The van der Waals surface area contributed by atoms with E-state index in [2.05, 4.69) is 12.2 Å². The topological polar surface area (TPSA) is 30.5 Å². The Labute approximate surface area is 103 Å². The van der Waals surface area contributed by atoms with Gasteiger partial charge in [-0.3, -0.25) is 0 Å². The molecule has 0 saturated carbocycles. The summed E-state index contributed by atoms with van der Waals surface area (Å²) in [5.74, 6) is 1.19. The molecule has 3 unspecified atom stereocenters. The van der Waals surface area contributed by atoms with Gasteiger partial charge in [0.2, 0.25) is 0 Å². The van der Waals surface area contributed by atoms with Gasteiger partial charge in [-0.2, -0.15) is 11.8 Å². The van der Waals surface area contributed by atoms with Crippen LogP contribution < -0.4 is 5.32 Å². The SMILES string of the molecule is CC1OCCC1SCCNCC1CCCO1. The van der Waals surface area contributed by atoms with Crippen molar-refractivity contribution in [3.63, 3.8) is 0 Å². The van der Waals surface area contributed by atoms with E-state index < -0.39 is 0 Å². The number of thioether (sulfide) groups is 1. The van der Waals surface area contributed by atoms with Crippen molar-refractivity contribution in [2.45, 2.75) is 43.6 Å². The van der Waals surface area contributed by atoms with Crippen LogP contribution in [0.2, 0.25) is 0 Å². The predicted octanol–water partition coefficient (Wildman–Crippen LogP) is 1.67. The first-order valence-corrected chi connectivity index (χ1v) is 7.46. The highest BCUT2D eigenvalue weighted by atomic mass is 32.2. The molecule has 2 rings (SSSR count). The van der Waals surface area contributed by atoms with Crippen LogP contribution in [-0.4, -0.2) is 49.5 Å². The van der Waals surface area contributed by atoms with Gasteiger partial charge in [-0.05, 0) is 26.2 Å². The zero-order valence-corrected chi connectivity index (χ0v) is 10.9. The minimum absolute atomic E-state index is 0.447. The van der Waals surface area contributed by atoms with Crippen LogP contribution in [0.15, 0.2) is 0 Å². The Morgan fingerprint density at radius 3 is 2.88 bits per heavy atom. The van der Waals surface area contributed by atoms with E-state index in [1.165, 1.54) is 25.0 Å². The highest BCUT2D eigenvalue weighted by Crippen LogP contribution is 2.25. The van der Waals surface area contributed by atoms with Crippen molar-refractivity contribution < 1.29 is 9.47 Å². The van der Waals surface area contributed by atoms with Crippen molar-refractivity contribution in [3.05, 3.63) is 0 Å². The molecule has 0 bridgehead atoms. The Morgan fingerprint density at radius 2 is 2.19 bits per heavy atom. The fourth-order valence-corrected chi connectivity index (χ4v) is 3.46. The van der Waals surface area contributed by atoms with E-state index in [1.54, 1.807) is 0 Å². The van der Waals surface area contributed by atoms with Gasteiger partial charge in [-0.25, -0.2) is 0 Å².